The first-order chi connectivity index (χ1) is 12.2. The van der Waals surface area contributed by atoms with Gasteiger partial charge in [-0.25, -0.2) is 4.79 Å². The van der Waals surface area contributed by atoms with Gasteiger partial charge in [0, 0.05) is 5.56 Å². The van der Waals surface area contributed by atoms with Crippen LogP contribution in [0.2, 0.25) is 0 Å². The van der Waals surface area contributed by atoms with Gasteiger partial charge in [-0.1, -0.05) is 72.8 Å². The predicted octanol–water partition coefficient (Wildman–Crippen LogP) is 5.76. The molecular formula is C23H18O2. The molecule has 0 unspecified atom stereocenters. The zero-order chi connectivity index (χ0) is 17.4. The molecule has 0 saturated heterocycles. The van der Waals surface area contributed by atoms with E-state index in [-0.39, 0.29) is 5.97 Å². The van der Waals surface area contributed by atoms with E-state index in [2.05, 4.69) is 37.3 Å². The molecule has 122 valence electrons. The highest BCUT2D eigenvalue weighted by Crippen LogP contribution is 2.40. The number of benzene rings is 4. The number of rotatable bonds is 2. The lowest BCUT2D eigenvalue weighted by Crippen LogP contribution is -2.06. The third-order valence-corrected chi connectivity index (χ3v) is 4.74. The maximum Gasteiger partial charge on any atom is 0.339 e. The van der Waals surface area contributed by atoms with Crippen molar-refractivity contribution in [3.8, 4) is 11.1 Å². The van der Waals surface area contributed by atoms with Crippen LogP contribution in [-0.2, 0) is 4.74 Å². The van der Waals surface area contributed by atoms with Crippen molar-refractivity contribution in [2.45, 2.75) is 6.92 Å². The number of carbonyl (C=O) groups is 1. The van der Waals surface area contributed by atoms with Crippen molar-refractivity contribution in [2.75, 3.05) is 7.11 Å². The number of methoxy groups -OCH3 is 1. The van der Waals surface area contributed by atoms with E-state index >= 15 is 0 Å². The maximum absolute atomic E-state index is 12.8. The first-order valence-electron chi connectivity index (χ1n) is 8.30. The Hall–Kier alpha value is -3.13. The summed E-state index contributed by atoms with van der Waals surface area (Å²) in [5.41, 5.74) is 3.77. The van der Waals surface area contributed by atoms with Crippen molar-refractivity contribution >= 4 is 27.5 Å². The van der Waals surface area contributed by atoms with Crippen LogP contribution in [0.1, 0.15) is 15.9 Å². The molecular weight excluding hydrogens is 308 g/mol. The highest BCUT2D eigenvalue weighted by atomic mass is 16.5. The topological polar surface area (TPSA) is 26.3 Å². The highest BCUT2D eigenvalue weighted by Gasteiger charge is 2.22. The molecule has 4 aromatic rings. The number of carbonyl (C=O) groups excluding carboxylic acids is 1. The summed E-state index contributed by atoms with van der Waals surface area (Å²) >= 11 is 0. The minimum Gasteiger partial charge on any atom is -0.465 e. The number of hydrogen-bond donors (Lipinski definition) is 0. The van der Waals surface area contributed by atoms with Crippen LogP contribution in [0.25, 0.3) is 32.7 Å². The molecule has 0 amide bonds. The van der Waals surface area contributed by atoms with E-state index in [1.807, 2.05) is 42.5 Å². The largest absolute Gasteiger partial charge is 0.465 e. The monoisotopic (exact) mass is 326 g/mol. The van der Waals surface area contributed by atoms with Crippen molar-refractivity contribution in [1.82, 2.24) is 0 Å². The molecule has 0 bridgehead atoms. The molecule has 0 aromatic heterocycles. The molecule has 0 N–H and O–H groups in total. The summed E-state index contributed by atoms with van der Waals surface area (Å²) in [6.07, 6.45) is 0. The smallest absolute Gasteiger partial charge is 0.339 e. The van der Waals surface area contributed by atoms with Gasteiger partial charge < -0.3 is 4.74 Å². The summed E-state index contributed by atoms with van der Waals surface area (Å²) < 4.78 is 5.16. The van der Waals surface area contributed by atoms with Crippen LogP contribution in [0.15, 0.2) is 72.8 Å². The summed E-state index contributed by atoms with van der Waals surface area (Å²) in [7, 11) is 1.44. The van der Waals surface area contributed by atoms with Gasteiger partial charge in [0.2, 0.25) is 0 Å². The Morgan fingerprint density at radius 1 is 0.720 bits per heavy atom. The van der Waals surface area contributed by atoms with Gasteiger partial charge in [-0.15, -0.1) is 0 Å². The molecule has 0 heterocycles. The van der Waals surface area contributed by atoms with Crippen molar-refractivity contribution in [3.63, 3.8) is 0 Å². The number of fused-ring (bicyclic) bond motifs is 3. The molecule has 0 atom stereocenters. The first kappa shape index (κ1) is 15.4. The van der Waals surface area contributed by atoms with E-state index in [0.29, 0.717) is 5.56 Å². The molecule has 4 aromatic carbocycles. The summed E-state index contributed by atoms with van der Waals surface area (Å²) in [6, 6.07) is 24.4. The van der Waals surface area contributed by atoms with Gasteiger partial charge in [0.05, 0.1) is 12.7 Å². The van der Waals surface area contributed by atoms with E-state index in [1.54, 1.807) is 0 Å². The molecule has 2 heteroatoms. The summed E-state index contributed by atoms with van der Waals surface area (Å²) in [4.78, 5) is 12.8. The van der Waals surface area contributed by atoms with Crippen LogP contribution in [0.3, 0.4) is 0 Å². The van der Waals surface area contributed by atoms with E-state index in [9.17, 15) is 4.79 Å². The molecule has 0 aliphatic carbocycles. The van der Waals surface area contributed by atoms with Crippen LogP contribution in [-0.4, -0.2) is 13.1 Å². The summed E-state index contributed by atoms with van der Waals surface area (Å²) in [5, 5.41) is 4.20. The number of ether oxygens (including phenoxy) is 1. The molecule has 0 spiro atoms. The molecule has 4 rings (SSSR count). The van der Waals surface area contributed by atoms with Gasteiger partial charge in [-0.05, 0) is 39.6 Å². The van der Waals surface area contributed by atoms with Crippen molar-refractivity contribution < 1.29 is 9.53 Å². The minimum absolute atomic E-state index is 0.305. The first-order valence-corrected chi connectivity index (χ1v) is 8.30. The Labute approximate surface area is 146 Å². The lowest BCUT2D eigenvalue weighted by atomic mass is 9.86. The zero-order valence-corrected chi connectivity index (χ0v) is 14.2. The molecule has 0 aliphatic heterocycles. The van der Waals surface area contributed by atoms with E-state index in [1.165, 1.54) is 7.11 Å². The highest BCUT2D eigenvalue weighted by molar-refractivity contribution is 6.23. The van der Waals surface area contributed by atoms with Gasteiger partial charge in [0.1, 0.15) is 0 Å². The van der Waals surface area contributed by atoms with Crippen LogP contribution >= 0.6 is 0 Å². The summed E-state index contributed by atoms with van der Waals surface area (Å²) in [5.74, 6) is -0.305. The number of hydrogen-bond acceptors (Lipinski definition) is 2. The van der Waals surface area contributed by atoms with Crippen LogP contribution in [0.5, 0.6) is 0 Å². The van der Waals surface area contributed by atoms with Crippen LogP contribution in [0, 0.1) is 6.92 Å². The predicted molar refractivity (Wildman–Crippen MR) is 103 cm³/mol. The Morgan fingerprint density at radius 3 is 1.88 bits per heavy atom. The Kier molecular flexibility index (Phi) is 3.73. The molecule has 0 saturated carbocycles. The standard InChI is InChI=1S/C23H18O2/c1-15-9-3-4-10-16(15)21-19-13-7-5-11-17(19)18-12-6-8-14-20(18)22(21)23(24)25-2/h3-14H,1-2H3. The average molecular weight is 326 g/mol. The minimum atomic E-state index is -0.305. The Balaban J connectivity index is 2.30. The van der Waals surface area contributed by atoms with E-state index in [0.717, 1.165) is 38.2 Å². The van der Waals surface area contributed by atoms with Gasteiger partial charge >= 0.3 is 5.97 Å². The SMILES string of the molecule is COC(=O)c1c(-c2ccccc2C)c2ccccc2c2ccccc12. The lowest BCUT2D eigenvalue weighted by molar-refractivity contribution is 0.0604. The van der Waals surface area contributed by atoms with Gasteiger partial charge in [0.15, 0.2) is 0 Å². The molecule has 0 aliphatic rings. The number of aryl methyl sites for hydroxylation is 1. The van der Waals surface area contributed by atoms with Gasteiger partial charge in [-0.3, -0.25) is 0 Å². The zero-order valence-electron chi connectivity index (χ0n) is 14.2. The molecule has 25 heavy (non-hydrogen) atoms. The van der Waals surface area contributed by atoms with Crippen LogP contribution in [0.4, 0.5) is 0 Å². The van der Waals surface area contributed by atoms with Crippen molar-refractivity contribution in [1.29, 1.82) is 0 Å². The molecule has 2 nitrogen and oxygen atoms in total. The Morgan fingerprint density at radius 2 is 1.24 bits per heavy atom. The van der Waals surface area contributed by atoms with Gasteiger partial charge in [0.25, 0.3) is 0 Å². The second kappa shape index (κ2) is 6.06. The lowest BCUT2D eigenvalue weighted by Gasteiger charge is -2.17. The second-order valence-corrected chi connectivity index (χ2v) is 6.15. The fourth-order valence-electron chi connectivity index (χ4n) is 3.59. The second-order valence-electron chi connectivity index (χ2n) is 6.15. The van der Waals surface area contributed by atoms with Crippen molar-refractivity contribution in [3.05, 3.63) is 83.9 Å². The molecule has 0 radical (unpaired) electrons. The average Bonchev–Trinajstić information content (AvgIpc) is 2.67. The van der Waals surface area contributed by atoms with Crippen molar-refractivity contribution in [2.24, 2.45) is 0 Å². The maximum atomic E-state index is 12.8. The normalized spacial score (nSPS) is 11.0. The fraction of sp³-hybridized carbons (Fsp3) is 0.0870. The summed E-state index contributed by atoms with van der Waals surface area (Å²) in [6.45, 7) is 2.07. The Bertz CT molecular complexity index is 1110. The fourth-order valence-corrected chi connectivity index (χ4v) is 3.59. The van der Waals surface area contributed by atoms with E-state index < -0.39 is 0 Å². The molecule has 0 fully saturated rings. The third kappa shape index (κ3) is 2.38. The van der Waals surface area contributed by atoms with Crippen LogP contribution < -0.4 is 0 Å². The van der Waals surface area contributed by atoms with E-state index in [4.69, 9.17) is 4.74 Å². The number of esters is 1. The van der Waals surface area contributed by atoms with Gasteiger partial charge in [-0.2, -0.15) is 0 Å². The third-order valence-electron chi connectivity index (χ3n) is 4.74. The quantitative estimate of drug-likeness (QED) is 0.346.